The van der Waals surface area contributed by atoms with E-state index in [1.54, 1.807) is 16.8 Å². The average Bonchev–Trinajstić information content (AvgIpc) is 3.40. The van der Waals surface area contributed by atoms with Crippen LogP contribution in [0.25, 0.3) is 5.69 Å². The molecular weight excluding hydrogens is 379 g/mol. The molecule has 0 atom stereocenters. The molecule has 1 N–H and O–H groups in total. The van der Waals surface area contributed by atoms with Gasteiger partial charge in [0.25, 0.3) is 5.91 Å². The number of halogens is 2. The van der Waals surface area contributed by atoms with Gasteiger partial charge in [0.2, 0.25) is 0 Å². The summed E-state index contributed by atoms with van der Waals surface area (Å²) >= 11 is 0. The summed E-state index contributed by atoms with van der Waals surface area (Å²) in [6.07, 6.45) is 6.03. The van der Waals surface area contributed by atoms with Crippen molar-refractivity contribution in [3.05, 3.63) is 47.0 Å². The number of carbonyl (C=O) groups excluding carboxylic acids is 1. The van der Waals surface area contributed by atoms with Crippen LogP contribution in [0.4, 0.5) is 4.39 Å². The number of rotatable bonds is 2. The highest BCUT2D eigenvalue weighted by Crippen LogP contribution is 2.38. The third-order valence-corrected chi connectivity index (χ3v) is 6.66. The quantitative estimate of drug-likeness (QED) is 0.836. The number of benzene rings is 1. The molecule has 5 nitrogen and oxygen atoms in total. The summed E-state index contributed by atoms with van der Waals surface area (Å²) in [5, 5.41) is 8.06. The molecule has 1 spiro atoms. The van der Waals surface area contributed by atoms with Gasteiger partial charge in [-0.1, -0.05) is 12.1 Å². The smallest absolute Gasteiger partial charge is 0.274 e. The van der Waals surface area contributed by atoms with Gasteiger partial charge in [0.05, 0.1) is 0 Å². The molecule has 1 aromatic heterocycles. The van der Waals surface area contributed by atoms with E-state index in [-0.39, 0.29) is 24.1 Å². The second kappa shape index (κ2) is 7.48. The minimum absolute atomic E-state index is 0. The third-order valence-electron chi connectivity index (χ3n) is 6.66. The number of likely N-dealkylation sites (tertiary alicyclic amines) is 1. The standard InChI is InChI=1S/C21H25FN4O.ClH/c22-16-5-1-2-6-18(16)26-17-7-3-4-15(17)19(24-26)20(27)25-12-9-21(10-13-25)8-11-23-14-21;/h1-2,5-6,23H,3-4,7-14H2;1H. The Morgan fingerprint density at radius 2 is 1.93 bits per heavy atom. The highest BCUT2D eigenvalue weighted by Gasteiger charge is 2.39. The number of carbonyl (C=O) groups is 1. The van der Waals surface area contributed by atoms with Crippen LogP contribution in [0.15, 0.2) is 24.3 Å². The Morgan fingerprint density at radius 1 is 1.14 bits per heavy atom. The highest BCUT2D eigenvalue weighted by molar-refractivity contribution is 5.94. The van der Waals surface area contributed by atoms with Crippen LogP contribution in [0.2, 0.25) is 0 Å². The number of nitrogens with zero attached hydrogens (tertiary/aromatic N) is 3. The predicted octanol–water partition coefficient (Wildman–Crippen LogP) is 3.14. The maximum absolute atomic E-state index is 14.3. The Kier molecular flexibility index (Phi) is 5.19. The van der Waals surface area contributed by atoms with E-state index in [1.165, 1.54) is 12.5 Å². The van der Waals surface area contributed by atoms with Crippen molar-refractivity contribution in [3.8, 4) is 5.69 Å². The van der Waals surface area contributed by atoms with Gasteiger partial charge in [-0.15, -0.1) is 12.4 Å². The van der Waals surface area contributed by atoms with Crippen LogP contribution >= 0.6 is 12.4 Å². The van der Waals surface area contributed by atoms with Gasteiger partial charge < -0.3 is 10.2 Å². The molecule has 150 valence electrons. The maximum atomic E-state index is 14.3. The molecule has 0 saturated carbocycles. The summed E-state index contributed by atoms with van der Waals surface area (Å²) in [4.78, 5) is 15.2. The summed E-state index contributed by atoms with van der Waals surface area (Å²) in [5.41, 5.74) is 3.37. The molecule has 2 fully saturated rings. The Morgan fingerprint density at radius 3 is 2.64 bits per heavy atom. The fourth-order valence-corrected chi connectivity index (χ4v) is 4.99. The average molecular weight is 405 g/mol. The Labute approximate surface area is 170 Å². The molecule has 3 heterocycles. The molecular formula is C21H26ClFN4O. The van der Waals surface area contributed by atoms with Crippen molar-refractivity contribution in [2.45, 2.75) is 38.5 Å². The molecule has 3 aliphatic rings. The number of hydrogen-bond acceptors (Lipinski definition) is 3. The minimum Gasteiger partial charge on any atom is -0.337 e. The Bertz CT molecular complexity index is 881. The molecule has 2 aliphatic heterocycles. The lowest BCUT2D eigenvalue weighted by Gasteiger charge is -2.38. The first-order chi connectivity index (χ1) is 13.2. The third kappa shape index (κ3) is 3.12. The summed E-state index contributed by atoms with van der Waals surface area (Å²) in [7, 11) is 0. The van der Waals surface area contributed by atoms with Crippen molar-refractivity contribution < 1.29 is 9.18 Å². The van der Waals surface area contributed by atoms with E-state index in [1.807, 2.05) is 11.0 Å². The summed E-state index contributed by atoms with van der Waals surface area (Å²) in [6, 6.07) is 6.66. The molecule has 5 rings (SSSR count). The first-order valence-electron chi connectivity index (χ1n) is 10.0. The van der Waals surface area contributed by atoms with Crippen LogP contribution in [0.5, 0.6) is 0 Å². The molecule has 1 amide bonds. The second-order valence-electron chi connectivity index (χ2n) is 8.21. The lowest BCUT2D eigenvalue weighted by molar-refractivity contribution is 0.0600. The SMILES string of the molecule is Cl.O=C(c1nn(-c2ccccc2F)c2c1CCC2)N1CCC2(CCNC2)CC1. The molecule has 1 aromatic carbocycles. The van der Waals surface area contributed by atoms with E-state index in [0.717, 1.165) is 69.5 Å². The number of nitrogens with one attached hydrogen (secondary N) is 1. The van der Waals surface area contributed by atoms with Gasteiger partial charge in [0.1, 0.15) is 11.5 Å². The van der Waals surface area contributed by atoms with Crippen LogP contribution in [0, 0.1) is 11.2 Å². The van der Waals surface area contributed by atoms with Crippen LogP contribution in [-0.2, 0) is 12.8 Å². The van der Waals surface area contributed by atoms with Crippen molar-refractivity contribution in [2.75, 3.05) is 26.2 Å². The highest BCUT2D eigenvalue weighted by atomic mass is 35.5. The van der Waals surface area contributed by atoms with Crippen molar-refractivity contribution >= 4 is 18.3 Å². The molecule has 0 radical (unpaired) electrons. The van der Waals surface area contributed by atoms with E-state index in [4.69, 9.17) is 0 Å². The van der Waals surface area contributed by atoms with E-state index in [2.05, 4.69) is 10.4 Å². The Hall–Kier alpha value is -1.92. The topological polar surface area (TPSA) is 50.2 Å². The van der Waals surface area contributed by atoms with Crippen LogP contribution in [0.1, 0.15) is 47.4 Å². The van der Waals surface area contributed by atoms with Gasteiger partial charge in [-0.3, -0.25) is 4.79 Å². The molecule has 7 heteroatoms. The molecule has 2 aromatic rings. The van der Waals surface area contributed by atoms with E-state index < -0.39 is 0 Å². The monoisotopic (exact) mass is 404 g/mol. The summed E-state index contributed by atoms with van der Waals surface area (Å²) in [5.74, 6) is -0.286. The maximum Gasteiger partial charge on any atom is 0.274 e. The molecule has 1 aliphatic carbocycles. The van der Waals surface area contributed by atoms with Crippen molar-refractivity contribution in [1.29, 1.82) is 0 Å². The van der Waals surface area contributed by atoms with E-state index >= 15 is 0 Å². The van der Waals surface area contributed by atoms with Gasteiger partial charge in [-0.05, 0) is 62.6 Å². The fourth-order valence-electron chi connectivity index (χ4n) is 4.99. The number of hydrogen-bond donors (Lipinski definition) is 1. The lowest BCUT2D eigenvalue weighted by Crippen LogP contribution is -2.44. The Balaban J connectivity index is 0.00000192. The van der Waals surface area contributed by atoms with Crippen molar-refractivity contribution in [3.63, 3.8) is 0 Å². The summed E-state index contributed by atoms with van der Waals surface area (Å²) < 4.78 is 16.0. The van der Waals surface area contributed by atoms with Gasteiger partial charge >= 0.3 is 0 Å². The second-order valence-corrected chi connectivity index (χ2v) is 8.21. The zero-order chi connectivity index (χ0) is 18.4. The van der Waals surface area contributed by atoms with Crippen LogP contribution in [0.3, 0.4) is 0 Å². The van der Waals surface area contributed by atoms with E-state index in [9.17, 15) is 9.18 Å². The lowest BCUT2D eigenvalue weighted by atomic mass is 9.78. The van der Waals surface area contributed by atoms with Gasteiger partial charge in [0, 0.05) is 30.9 Å². The van der Waals surface area contributed by atoms with Crippen LogP contribution < -0.4 is 5.32 Å². The molecule has 0 bridgehead atoms. The number of para-hydroxylation sites is 1. The van der Waals surface area contributed by atoms with E-state index in [0.29, 0.717) is 16.8 Å². The zero-order valence-corrected chi connectivity index (χ0v) is 16.7. The summed E-state index contributed by atoms with van der Waals surface area (Å²) in [6.45, 7) is 3.75. The largest absolute Gasteiger partial charge is 0.337 e. The first kappa shape index (κ1) is 19.4. The minimum atomic E-state index is -0.303. The van der Waals surface area contributed by atoms with Crippen molar-refractivity contribution in [2.24, 2.45) is 5.41 Å². The van der Waals surface area contributed by atoms with Gasteiger partial charge in [-0.2, -0.15) is 5.10 Å². The first-order valence-corrected chi connectivity index (χ1v) is 10.0. The van der Waals surface area contributed by atoms with Gasteiger partial charge in [-0.25, -0.2) is 9.07 Å². The van der Waals surface area contributed by atoms with Crippen LogP contribution in [-0.4, -0.2) is 46.8 Å². The normalized spacial score (nSPS) is 20.2. The molecule has 28 heavy (non-hydrogen) atoms. The number of amides is 1. The number of fused-ring (bicyclic) bond motifs is 1. The predicted molar refractivity (Wildman–Crippen MR) is 108 cm³/mol. The molecule has 0 unspecified atom stereocenters. The van der Waals surface area contributed by atoms with Gasteiger partial charge in [0.15, 0.2) is 5.69 Å². The molecule has 2 saturated heterocycles. The number of piperidine rings is 1. The zero-order valence-electron chi connectivity index (χ0n) is 15.9. The van der Waals surface area contributed by atoms with Crippen molar-refractivity contribution in [1.82, 2.24) is 20.0 Å². The number of aromatic nitrogens is 2. The fraction of sp³-hybridized carbons (Fsp3) is 0.524.